The van der Waals surface area contributed by atoms with Crippen LogP contribution in [0.2, 0.25) is 0 Å². The van der Waals surface area contributed by atoms with Gasteiger partial charge in [-0.15, -0.1) is 0 Å². The summed E-state index contributed by atoms with van der Waals surface area (Å²) >= 11 is 0. The van der Waals surface area contributed by atoms with Crippen LogP contribution in [0.4, 0.5) is 10.5 Å². The molecule has 0 aliphatic carbocycles. The van der Waals surface area contributed by atoms with Gasteiger partial charge in [-0.25, -0.2) is 18.4 Å². The average Bonchev–Trinajstić information content (AvgIpc) is 2.66. The van der Waals surface area contributed by atoms with Gasteiger partial charge in [-0.05, 0) is 42.3 Å². The maximum Gasteiger partial charge on any atom is 0.319 e. The highest BCUT2D eigenvalue weighted by atomic mass is 32.2. The number of urea groups is 1. The van der Waals surface area contributed by atoms with Crippen molar-refractivity contribution in [3.8, 4) is 0 Å². The molecule has 2 amide bonds. The lowest BCUT2D eigenvalue weighted by molar-refractivity contribution is -0.0212. The van der Waals surface area contributed by atoms with E-state index in [-0.39, 0.29) is 17.0 Å². The fourth-order valence-electron chi connectivity index (χ4n) is 3.22. The van der Waals surface area contributed by atoms with E-state index in [1.54, 1.807) is 0 Å². The third-order valence-electron chi connectivity index (χ3n) is 4.62. The van der Waals surface area contributed by atoms with E-state index in [4.69, 9.17) is 9.88 Å². The van der Waals surface area contributed by atoms with Gasteiger partial charge in [0.2, 0.25) is 10.0 Å². The van der Waals surface area contributed by atoms with Gasteiger partial charge in [0.1, 0.15) is 0 Å². The number of morpholine rings is 1. The molecule has 1 heterocycles. The lowest BCUT2D eigenvalue weighted by atomic mass is 10.1. The fourth-order valence-corrected chi connectivity index (χ4v) is 3.73. The molecule has 1 fully saturated rings. The Morgan fingerprint density at radius 3 is 2.62 bits per heavy atom. The van der Waals surface area contributed by atoms with Gasteiger partial charge in [-0.1, -0.05) is 24.3 Å². The highest BCUT2D eigenvalue weighted by Gasteiger charge is 2.16. The van der Waals surface area contributed by atoms with Gasteiger partial charge in [0, 0.05) is 31.9 Å². The Balaban J connectivity index is 1.51. The van der Waals surface area contributed by atoms with Crippen LogP contribution in [0.3, 0.4) is 0 Å². The molecule has 1 aliphatic rings. The molecule has 0 spiro atoms. The third kappa shape index (κ3) is 6.53. The maximum absolute atomic E-state index is 12.1. The molecule has 3 rings (SSSR count). The van der Waals surface area contributed by atoms with Gasteiger partial charge in [0.05, 0.1) is 17.6 Å². The first-order valence-corrected chi connectivity index (χ1v) is 10.9. The second-order valence-electron chi connectivity index (χ2n) is 7.11. The highest BCUT2D eigenvalue weighted by molar-refractivity contribution is 7.89. The fraction of sp³-hybridized carbons (Fsp3) is 0.350. The first-order chi connectivity index (χ1) is 13.8. The van der Waals surface area contributed by atoms with Crippen molar-refractivity contribution in [2.24, 2.45) is 5.14 Å². The smallest absolute Gasteiger partial charge is 0.319 e. The lowest BCUT2D eigenvalue weighted by Gasteiger charge is -2.31. The molecule has 29 heavy (non-hydrogen) atoms. The average molecular weight is 419 g/mol. The minimum absolute atomic E-state index is 0.00469. The van der Waals surface area contributed by atoms with Crippen LogP contribution in [0.15, 0.2) is 53.4 Å². The molecule has 8 nitrogen and oxygen atoms in total. The maximum atomic E-state index is 12.1. The van der Waals surface area contributed by atoms with E-state index in [2.05, 4.69) is 34.6 Å². The first kappa shape index (κ1) is 21.3. The number of nitrogens with two attached hydrogens (primary N) is 1. The molecule has 1 saturated heterocycles. The lowest BCUT2D eigenvalue weighted by Crippen LogP contribution is -2.40. The molecular formula is C20H26N4O4S. The number of carbonyl (C=O) groups excluding carboxylic acids is 1. The Hall–Kier alpha value is -2.46. The number of rotatable bonds is 6. The van der Waals surface area contributed by atoms with Crippen molar-refractivity contribution in [3.05, 3.63) is 59.7 Å². The van der Waals surface area contributed by atoms with Gasteiger partial charge >= 0.3 is 6.03 Å². The summed E-state index contributed by atoms with van der Waals surface area (Å²) in [5.74, 6) is 0. The zero-order valence-electron chi connectivity index (χ0n) is 16.3. The van der Waals surface area contributed by atoms with Crippen LogP contribution in [0.5, 0.6) is 0 Å². The van der Waals surface area contributed by atoms with Crippen molar-refractivity contribution in [3.63, 3.8) is 0 Å². The molecule has 0 radical (unpaired) electrons. The number of benzene rings is 2. The molecule has 1 atom stereocenters. The molecule has 2 aromatic rings. The number of anilines is 1. The largest absolute Gasteiger partial charge is 0.376 e. The summed E-state index contributed by atoms with van der Waals surface area (Å²) in [4.78, 5) is 14.5. The summed E-state index contributed by atoms with van der Waals surface area (Å²) in [6, 6.07) is 13.4. The molecular weight excluding hydrogens is 392 g/mol. The summed E-state index contributed by atoms with van der Waals surface area (Å²) in [6.07, 6.45) is 0.247. The molecule has 2 aromatic carbocycles. The topological polar surface area (TPSA) is 114 Å². The first-order valence-electron chi connectivity index (χ1n) is 9.39. The van der Waals surface area contributed by atoms with Gasteiger partial charge in [0.25, 0.3) is 0 Å². The second kappa shape index (κ2) is 9.36. The Morgan fingerprint density at radius 1 is 1.21 bits per heavy atom. The van der Waals surface area contributed by atoms with E-state index in [0.717, 1.165) is 31.8 Å². The van der Waals surface area contributed by atoms with E-state index in [1.807, 2.05) is 12.1 Å². The quantitative estimate of drug-likeness (QED) is 0.663. The number of hydrogen-bond acceptors (Lipinski definition) is 5. The molecule has 0 bridgehead atoms. The zero-order valence-corrected chi connectivity index (χ0v) is 17.1. The van der Waals surface area contributed by atoms with E-state index in [9.17, 15) is 13.2 Å². The van der Waals surface area contributed by atoms with Crippen molar-refractivity contribution < 1.29 is 17.9 Å². The zero-order chi connectivity index (χ0) is 20.9. The van der Waals surface area contributed by atoms with E-state index in [1.165, 1.54) is 29.8 Å². The Labute approximate surface area is 171 Å². The van der Waals surface area contributed by atoms with Crippen LogP contribution in [0.1, 0.15) is 18.1 Å². The van der Waals surface area contributed by atoms with E-state index < -0.39 is 10.0 Å². The predicted molar refractivity (Wildman–Crippen MR) is 111 cm³/mol. The van der Waals surface area contributed by atoms with Crippen molar-refractivity contribution in [1.29, 1.82) is 0 Å². The number of sulfonamides is 1. The molecule has 0 aromatic heterocycles. The van der Waals surface area contributed by atoms with E-state index >= 15 is 0 Å². The van der Waals surface area contributed by atoms with Crippen LogP contribution in [-0.2, 0) is 27.8 Å². The highest BCUT2D eigenvalue weighted by Crippen LogP contribution is 2.14. The molecule has 0 saturated carbocycles. The number of hydrogen-bond donors (Lipinski definition) is 3. The van der Waals surface area contributed by atoms with Crippen LogP contribution >= 0.6 is 0 Å². The Kier molecular flexibility index (Phi) is 6.86. The summed E-state index contributed by atoms with van der Waals surface area (Å²) in [5, 5.41) is 10.5. The Bertz CT molecular complexity index is 947. The SMILES string of the molecule is CC1CN(Cc2cccc(CNC(=O)Nc3ccc(S(N)(=O)=O)cc3)c2)CCO1. The molecule has 156 valence electrons. The van der Waals surface area contributed by atoms with Crippen molar-refractivity contribution >= 4 is 21.7 Å². The number of primary sulfonamides is 1. The second-order valence-corrected chi connectivity index (χ2v) is 8.67. The van der Waals surface area contributed by atoms with Gasteiger partial charge in [-0.3, -0.25) is 4.90 Å². The van der Waals surface area contributed by atoms with Crippen LogP contribution < -0.4 is 15.8 Å². The predicted octanol–water partition coefficient (Wildman–Crippen LogP) is 1.88. The summed E-state index contributed by atoms with van der Waals surface area (Å²) < 4.78 is 28.1. The molecule has 1 unspecified atom stereocenters. The number of carbonyl (C=O) groups is 1. The number of ether oxygens (including phenoxy) is 1. The number of nitrogens with one attached hydrogen (secondary N) is 2. The van der Waals surface area contributed by atoms with Gasteiger partial charge in [-0.2, -0.15) is 0 Å². The molecule has 9 heteroatoms. The standard InChI is InChI=1S/C20H26N4O4S/c1-15-13-24(9-10-28-15)14-17-4-2-3-16(11-17)12-22-20(25)23-18-5-7-19(8-6-18)29(21,26)27/h2-8,11,15H,9-10,12-14H2,1H3,(H2,21,26,27)(H2,22,23,25). The minimum Gasteiger partial charge on any atom is -0.376 e. The van der Waals surface area contributed by atoms with Crippen LogP contribution in [-0.4, -0.2) is 45.1 Å². The molecule has 1 aliphatic heterocycles. The number of nitrogens with zero attached hydrogens (tertiary/aromatic N) is 1. The van der Waals surface area contributed by atoms with Crippen molar-refractivity contribution in [1.82, 2.24) is 10.2 Å². The van der Waals surface area contributed by atoms with Gasteiger partial charge in [0.15, 0.2) is 0 Å². The third-order valence-corrected chi connectivity index (χ3v) is 5.55. The molecule has 4 N–H and O–H groups in total. The normalized spacial score (nSPS) is 17.7. The van der Waals surface area contributed by atoms with E-state index in [0.29, 0.717) is 12.2 Å². The van der Waals surface area contributed by atoms with Crippen LogP contribution in [0, 0.1) is 0 Å². The Morgan fingerprint density at radius 2 is 1.93 bits per heavy atom. The number of amides is 2. The minimum atomic E-state index is -3.75. The monoisotopic (exact) mass is 418 g/mol. The van der Waals surface area contributed by atoms with Crippen molar-refractivity contribution in [2.75, 3.05) is 25.0 Å². The van der Waals surface area contributed by atoms with Gasteiger partial charge < -0.3 is 15.4 Å². The summed E-state index contributed by atoms with van der Waals surface area (Å²) in [6.45, 7) is 5.89. The van der Waals surface area contributed by atoms with Crippen LogP contribution in [0.25, 0.3) is 0 Å². The summed E-state index contributed by atoms with van der Waals surface area (Å²) in [7, 11) is -3.75. The van der Waals surface area contributed by atoms with Crippen molar-refractivity contribution in [2.45, 2.75) is 31.0 Å². The summed E-state index contributed by atoms with van der Waals surface area (Å²) in [5.41, 5.74) is 2.67.